The van der Waals surface area contributed by atoms with Gasteiger partial charge in [-0.1, -0.05) is 20.8 Å². The van der Waals surface area contributed by atoms with Gasteiger partial charge >= 0.3 is 0 Å². The topological polar surface area (TPSA) is 26.3 Å². The lowest BCUT2D eigenvalue weighted by atomic mass is 9.70. The van der Waals surface area contributed by atoms with Crippen molar-refractivity contribution < 1.29 is 9.53 Å². The molecule has 0 spiro atoms. The molecule has 2 fully saturated rings. The molecule has 0 N–H and O–H groups in total. The highest BCUT2D eigenvalue weighted by atomic mass is 16.5. The van der Waals surface area contributed by atoms with Crippen LogP contribution in [0, 0.1) is 16.7 Å². The van der Waals surface area contributed by atoms with Gasteiger partial charge < -0.3 is 4.74 Å². The number of carbonyl (C=O) groups is 1. The maximum Gasteiger partial charge on any atom is 0.293 e. The molecule has 0 saturated heterocycles. The van der Waals surface area contributed by atoms with E-state index in [0.29, 0.717) is 11.9 Å². The van der Waals surface area contributed by atoms with E-state index in [1.54, 1.807) is 0 Å². The summed E-state index contributed by atoms with van der Waals surface area (Å²) >= 11 is 0. The van der Waals surface area contributed by atoms with E-state index < -0.39 is 0 Å². The van der Waals surface area contributed by atoms with Crippen LogP contribution in [0.5, 0.6) is 0 Å². The fourth-order valence-electron chi connectivity index (χ4n) is 3.40. The van der Waals surface area contributed by atoms with Crippen molar-refractivity contribution in [1.29, 1.82) is 0 Å². The van der Waals surface area contributed by atoms with Gasteiger partial charge in [0, 0.05) is 5.41 Å². The van der Waals surface area contributed by atoms with Crippen LogP contribution in [-0.2, 0) is 9.53 Å². The summed E-state index contributed by atoms with van der Waals surface area (Å²) in [5.41, 5.74) is 0.569. The molecule has 0 aromatic carbocycles. The Labute approximate surface area is 79.7 Å². The van der Waals surface area contributed by atoms with Crippen LogP contribution >= 0.6 is 0 Å². The highest BCUT2D eigenvalue weighted by Gasteiger charge is 2.62. The average molecular weight is 182 g/mol. The van der Waals surface area contributed by atoms with E-state index in [0.717, 1.165) is 12.3 Å². The molecule has 2 aliphatic rings. The van der Waals surface area contributed by atoms with Crippen LogP contribution in [0.15, 0.2) is 0 Å². The largest absolute Gasteiger partial charge is 0.464 e. The Balaban J connectivity index is 2.27. The summed E-state index contributed by atoms with van der Waals surface area (Å²) in [5, 5.41) is 0. The van der Waals surface area contributed by atoms with E-state index in [1.807, 2.05) is 0 Å². The van der Waals surface area contributed by atoms with Gasteiger partial charge in [-0.15, -0.1) is 0 Å². The van der Waals surface area contributed by atoms with Crippen molar-refractivity contribution in [3.8, 4) is 0 Å². The number of carbonyl (C=O) groups excluding carboxylic acids is 1. The molecule has 0 amide bonds. The van der Waals surface area contributed by atoms with Crippen molar-refractivity contribution in [2.75, 3.05) is 0 Å². The fourth-order valence-corrected chi connectivity index (χ4v) is 3.40. The average Bonchev–Trinajstić information content (AvgIpc) is 2.37. The van der Waals surface area contributed by atoms with E-state index in [2.05, 4.69) is 20.8 Å². The first-order valence-corrected chi connectivity index (χ1v) is 5.11. The minimum Gasteiger partial charge on any atom is -0.464 e. The van der Waals surface area contributed by atoms with E-state index in [4.69, 9.17) is 4.74 Å². The summed E-state index contributed by atoms with van der Waals surface area (Å²) in [6.45, 7) is 7.53. The molecular formula is C11H18O2. The molecule has 2 rings (SSSR count). The number of fused-ring (bicyclic) bond motifs is 2. The van der Waals surface area contributed by atoms with Crippen molar-refractivity contribution in [2.24, 2.45) is 16.7 Å². The zero-order valence-electron chi connectivity index (χ0n) is 8.67. The normalized spacial score (nSPS) is 46.4. The summed E-state index contributed by atoms with van der Waals surface area (Å²) in [7, 11) is 0. The van der Waals surface area contributed by atoms with Gasteiger partial charge in [0.1, 0.15) is 6.10 Å². The van der Waals surface area contributed by atoms with Crippen molar-refractivity contribution in [2.45, 2.75) is 46.1 Å². The quantitative estimate of drug-likeness (QED) is 0.613. The standard InChI is InChI=1S/C11H18O2/c1-10(2)8-4-5-11(10,3)9(6-8)13-7-12/h7-9H,4-6H2,1-3H3/t8-,9?,11?/m1/s1. The number of hydrogen-bond acceptors (Lipinski definition) is 2. The van der Waals surface area contributed by atoms with Crippen LogP contribution in [0.3, 0.4) is 0 Å². The number of hydrogen-bond donors (Lipinski definition) is 0. The van der Waals surface area contributed by atoms with Gasteiger partial charge in [-0.05, 0) is 30.6 Å². The highest BCUT2D eigenvalue weighted by molar-refractivity contribution is 5.38. The second kappa shape index (κ2) is 2.49. The van der Waals surface area contributed by atoms with Gasteiger partial charge in [-0.3, -0.25) is 4.79 Å². The predicted octanol–water partition coefficient (Wildman–Crippen LogP) is 2.37. The van der Waals surface area contributed by atoms with Crippen molar-refractivity contribution in [1.82, 2.24) is 0 Å². The molecule has 2 heteroatoms. The van der Waals surface area contributed by atoms with E-state index in [-0.39, 0.29) is 11.5 Å². The van der Waals surface area contributed by atoms with Crippen LogP contribution < -0.4 is 0 Å². The SMILES string of the molecule is CC12CC[C@H](CC1OC=O)C2(C)C. The molecule has 2 unspecified atom stereocenters. The molecule has 2 bridgehead atoms. The zero-order chi connectivity index (χ0) is 9.69. The summed E-state index contributed by atoms with van der Waals surface area (Å²) in [5.74, 6) is 0.752. The summed E-state index contributed by atoms with van der Waals surface area (Å²) in [6, 6.07) is 0. The van der Waals surface area contributed by atoms with Crippen molar-refractivity contribution in [3.63, 3.8) is 0 Å². The molecular weight excluding hydrogens is 164 g/mol. The molecule has 3 atom stereocenters. The number of ether oxygens (including phenoxy) is 1. The Morgan fingerprint density at radius 3 is 2.46 bits per heavy atom. The maximum absolute atomic E-state index is 10.4. The smallest absolute Gasteiger partial charge is 0.293 e. The number of rotatable bonds is 2. The monoisotopic (exact) mass is 182 g/mol. The Kier molecular flexibility index (Phi) is 1.73. The Bertz CT molecular complexity index is 234. The van der Waals surface area contributed by atoms with Crippen LogP contribution in [0.4, 0.5) is 0 Å². The molecule has 0 radical (unpaired) electrons. The lowest BCUT2D eigenvalue weighted by molar-refractivity contribution is -0.141. The molecule has 0 aromatic heterocycles. The maximum atomic E-state index is 10.4. The van der Waals surface area contributed by atoms with E-state index in [9.17, 15) is 4.79 Å². The zero-order valence-corrected chi connectivity index (χ0v) is 8.67. The first-order valence-electron chi connectivity index (χ1n) is 5.11. The fraction of sp³-hybridized carbons (Fsp3) is 0.909. The molecule has 0 aliphatic heterocycles. The van der Waals surface area contributed by atoms with Gasteiger partial charge in [0.2, 0.25) is 0 Å². The molecule has 2 nitrogen and oxygen atoms in total. The summed E-state index contributed by atoms with van der Waals surface area (Å²) in [4.78, 5) is 10.4. The molecule has 0 aromatic rings. The third kappa shape index (κ3) is 0.918. The van der Waals surface area contributed by atoms with Crippen molar-refractivity contribution in [3.05, 3.63) is 0 Å². The summed E-state index contributed by atoms with van der Waals surface area (Å²) in [6.07, 6.45) is 3.76. The van der Waals surface area contributed by atoms with Crippen molar-refractivity contribution >= 4 is 6.47 Å². The van der Waals surface area contributed by atoms with Gasteiger partial charge in [-0.25, -0.2) is 0 Å². The lowest BCUT2D eigenvalue weighted by Crippen LogP contribution is -2.36. The molecule has 74 valence electrons. The molecule has 2 aliphatic carbocycles. The van der Waals surface area contributed by atoms with Gasteiger partial charge in [0.05, 0.1) is 0 Å². The van der Waals surface area contributed by atoms with Gasteiger partial charge in [0.15, 0.2) is 0 Å². The van der Waals surface area contributed by atoms with Crippen LogP contribution in [0.2, 0.25) is 0 Å². The third-order valence-electron chi connectivity index (χ3n) is 4.93. The highest BCUT2D eigenvalue weighted by Crippen LogP contribution is 2.66. The first-order chi connectivity index (χ1) is 6.02. The second-order valence-electron chi connectivity index (χ2n) is 5.33. The third-order valence-corrected chi connectivity index (χ3v) is 4.93. The van der Waals surface area contributed by atoms with Crippen LogP contribution in [0.1, 0.15) is 40.0 Å². The Hall–Kier alpha value is -0.530. The minimum atomic E-state index is 0.166. The van der Waals surface area contributed by atoms with E-state index >= 15 is 0 Å². The van der Waals surface area contributed by atoms with Crippen LogP contribution in [0.25, 0.3) is 0 Å². The van der Waals surface area contributed by atoms with Gasteiger partial charge in [-0.2, -0.15) is 0 Å². The predicted molar refractivity (Wildman–Crippen MR) is 50.2 cm³/mol. The van der Waals surface area contributed by atoms with E-state index in [1.165, 1.54) is 12.8 Å². The first kappa shape index (κ1) is 9.04. The molecule has 13 heavy (non-hydrogen) atoms. The second-order valence-corrected chi connectivity index (χ2v) is 5.33. The van der Waals surface area contributed by atoms with Crippen LogP contribution in [-0.4, -0.2) is 12.6 Å². The minimum absolute atomic E-state index is 0.166. The Morgan fingerprint density at radius 2 is 2.08 bits per heavy atom. The van der Waals surface area contributed by atoms with Gasteiger partial charge in [0.25, 0.3) is 6.47 Å². The lowest BCUT2D eigenvalue weighted by Gasteiger charge is -2.37. The molecule has 2 saturated carbocycles. The molecule has 0 heterocycles. The summed E-state index contributed by atoms with van der Waals surface area (Å²) < 4.78 is 5.19. The Morgan fingerprint density at radius 1 is 1.38 bits per heavy atom.